The molecule has 0 bridgehead atoms. The summed E-state index contributed by atoms with van der Waals surface area (Å²) in [5.74, 6) is 2.57. The lowest BCUT2D eigenvalue weighted by Crippen LogP contribution is -2.18. The zero-order valence-electron chi connectivity index (χ0n) is 16.4. The first-order chi connectivity index (χ1) is 13.0. The lowest BCUT2D eigenvalue weighted by atomic mass is 9.92. The van der Waals surface area contributed by atoms with Gasteiger partial charge in [0.2, 0.25) is 5.91 Å². The van der Waals surface area contributed by atoms with Crippen LogP contribution in [0.2, 0.25) is 0 Å². The number of carbonyl (C=O) groups excluding carboxylic acids is 1. The number of ether oxygens (including phenoxy) is 2. The molecule has 0 fully saturated rings. The predicted octanol–water partition coefficient (Wildman–Crippen LogP) is 5.44. The molecule has 1 amide bonds. The van der Waals surface area contributed by atoms with Crippen LogP contribution < -0.4 is 14.8 Å². The summed E-state index contributed by atoms with van der Waals surface area (Å²) in [4.78, 5) is 13.6. The van der Waals surface area contributed by atoms with Gasteiger partial charge in [-0.15, -0.1) is 11.8 Å². The fourth-order valence-electron chi connectivity index (χ4n) is 3.13. The monoisotopic (exact) mass is 385 g/mol. The van der Waals surface area contributed by atoms with Gasteiger partial charge in [-0.25, -0.2) is 0 Å². The normalized spacial score (nSPS) is 13.1. The maximum Gasteiger partial charge on any atom is 0.234 e. The maximum absolute atomic E-state index is 12.6. The van der Waals surface area contributed by atoms with E-state index in [1.54, 1.807) is 0 Å². The summed E-state index contributed by atoms with van der Waals surface area (Å²) in [6.07, 6.45) is 0. The van der Waals surface area contributed by atoms with Crippen molar-refractivity contribution >= 4 is 23.4 Å². The maximum atomic E-state index is 12.6. The number of carbonyl (C=O) groups is 1. The molecule has 0 aliphatic carbocycles. The van der Waals surface area contributed by atoms with E-state index in [1.807, 2.05) is 18.2 Å². The number of hydrogen-bond acceptors (Lipinski definition) is 4. The molecule has 0 spiro atoms. The molecule has 3 rings (SSSR count). The van der Waals surface area contributed by atoms with E-state index in [1.165, 1.54) is 22.9 Å². The van der Waals surface area contributed by atoms with Gasteiger partial charge in [0, 0.05) is 10.6 Å². The molecular formula is C22H27NO3S. The van der Waals surface area contributed by atoms with Crippen molar-refractivity contribution in [1.82, 2.24) is 0 Å². The number of rotatable bonds is 6. The van der Waals surface area contributed by atoms with Crippen LogP contribution in [0.4, 0.5) is 5.69 Å². The minimum absolute atomic E-state index is 0.00453. The number of para-hydroxylation sites is 1. The Bertz CT molecular complexity index is 791. The summed E-state index contributed by atoms with van der Waals surface area (Å²) in [5, 5.41) is 3.16. The van der Waals surface area contributed by atoms with Crippen molar-refractivity contribution in [2.75, 3.05) is 24.3 Å². The predicted molar refractivity (Wildman–Crippen MR) is 111 cm³/mol. The number of amides is 1. The van der Waals surface area contributed by atoms with E-state index in [0.717, 1.165) is 22.1 Å². The number of anilines is 1. The first-order valence-corrected chi connectivity index (χ1v) is 10.4. The molecule has 27 heavy (non-hydrogen) atoms. The van der Waals surface area contributed by atoms with Crippen molar-refractivity contribution in [3.05, 3.63) is 47.5 Å². The summed E-state index contributed by atoms with van der Waals surface area (Å²) in [6, 6.07) is 12.1. The highest BCUT2D eigenvalue weighted by atomic mass is 32.2. The van der Waals surface area contributed by atoms with Crippen molar-refractivity contribution in [2.24, 2.45) is 0 Å². The van der Waals surface area contributed by atoms with Crippen LogP contribution >= 0.6 is 11.8 Å². The van der Waals surface area contributed by atoms with Crippen molar-refractivity contribution in [1.29, 1.82) is 0 Å². The average molecular weight is 386 g/mol. The van der Waals surface area contributed by atoms with Crippen LogP contribution in [0.5, 0.6) is 11.5 Å². The van der Waals surface area contributed by atoms with E-state index in [9.17, 15) is 4.79 Å². The first kappa shape index (κ1) is 19.6. The molecule has 0 unspecified atom stereocenters. The minimum Gasteiger partial charge on any atom is -0.486 e. The van der Waals surface area contributed by atoms with Gasteiger partial charge in [-0.05, 0) is 41.2 Å². The smallest absolute Gasteiger partial charge is 0.234 e. The van der Waals surface area contributed by atoms with Gasteiger partial charge in [0.25, 0.3) is 0 Å². The second-order valence-corrected chi connectivity index (χ2v) is 8.31. The number of hydrogen-bond donors (Lipinski definition) is 1. The number of benzene rings is 2. The van der Waals surface area contributed by atoms with Crippen LogP contribution in [0.25, 0.3) is 0 Å². The third-order valence-corrected chi connectivity index (χ3v) is 5.51. The van der Waals surface area contributed by atoms with E-state index in [-0.39, 0.29) is 5.91 Å². The summed E-state index contributed by atoms with van der Waals surface area (Å²) in [7, 11) is 0. The van der Waals surface area contributed by atoms with Crippen molar-refractivity contribution < 1.29 is 14.3 Å². The van der Waals surface area contributed by atoms with Crippen molar-refractivity contribution in [3.8, 4) is 11.5 Å². The molecule has 0 atom stereocenters. The Morgan fingerprint density at radius 2 is 1.63 bits per heavy atom. The average Bonchev–Trinajstić information content (AvgIpc) is 2.66. The molecule has 2 aromatic carbocycles. The fourth-order valence-corrected chi connectivity index (χ4v) is 3.86. The largest absolute Gasteiger partial charge is 0.486 e. The van der Waals surface area contributed by atoms with Gasteiger partial charge in [-0.3, -0.25) is 4.79 Å². The van der Waals surface area contributed by atoms with Gasteiger partial charge in [0.15, 0.2) is 11.5 Å². The van der Waals surface area contributed by atoms with E-state index < -0.39 is 0 Å². The highest BCUT2D eigenvalue weighted by Crippen LogP contribution is 2.35. The quantitative estimate of drug-likeness (QED) is 0.673. The topological polar surface area (TPSA) is 47.6 Å². The van der Waals surface area contributed by atoms with Crippen LogP contribution in [-0.4, -0.2) is 24.9 Å². The third-order valence-electron chi connectivity index (χ3n) is 4.52. The fraction of sp³-hybridized carbons (Fsp3) is 0.409. The molecule has 0 saturated heterocycles. The van der Waals surface area contributed by atoms with Gasteiger partial charge < -0.3 is 14.8 Å². The molecule has 2 aromatic rings. The van der Waals surface area contributed by atoms with Gasteiger partial charge in [-0.1, -0.05) is 45.9 Å². The number of fused-ring (bicyclic) bond motifs is 1. The first-order valence-electron chi connectivity index (χ1n) is 9.40. The van der Waals surface area contributed by atoms with Crippen LogP contribution in [0.15, 0.2) is 41.3 Å². The lowest BCUT2D eigenvalue weighted by molar-refractivity contribution is -0.113. The molecule has 1 aliphatic rings. The highest BCUT2D eigenvalue weighted by Gasteiger charge is 2.17. The summed E-state index contributed by atoms with van der Waals surface area (Å²) >= 11 is 1.50. The molecule has 1 N–H and O–H groups in total. The SMILES string of the molecule is CC(C)c1cccc(C(C)C)c1NC(=O)CSc1ccc2c(c1)OCCO2. The second-order valence-electron chi connectivity index (χ2n) is 7.26. The summed E-state index contributed by atoms with van der Waals surface area (Å²) in [5.41, 5.74) is 3.33. The molecule has 1 heterocycles. The van der Waals surface area contributed by atoms with Crippen LogP contribution in [0, 0.1) is 0 Å². The van der Waals surface area contributed by atoms with E-state index >= 15 is 0 Å². The Balaban J connectivity index is 1.69. The molecule has 5 heteroatoms. The molecule has 0 radical (unpaired) electrons. The van der Waals surface area contributed by atoms with Crippen molar-refractivity contribution in [2.45, 2.75) is 44.4 Å². The van der Waals surface area contributed by atoms with Crippen LogP contribution in [-0.2, 0) is 4.79 Å². The Kier molecular flexibility index (Phi) is 6.32. The summed E-state index contributed by atoms with van der Waals surface area (Å²) in [6.45, 7) is 9.75. The molecule has 0 aromatic heterocycles. The molecule has 144 valence electrons. The van der Waals surface area contributed by atoms with E-state index in [4.69, 9.17) is 9.47 Å². The van der Waals surface area contributed by atoms with Crippen LogP contribution in [0.1, 0.15) is 50.7 Å². The van der Waals surface area contributed by atoms with Crippen LogP contribution in [0.3, 0.4) is 0 Å². The van der Waals surface area contributed by atoms with Gasteiger partial charge in [0.1, 0.15) is 13.2 Å². The Labute approximate surface area is 165 Å². The molecular weight excluding hydrogens is 358 g/mol. The Morgan fingerprint density at radius 3 is 2.26 bits per heavy atom. The third kappa shape index (κ3) is 4.78. The van der Waals surface area contributed by atoms with Crippen molar-refractivity contribution in [3.63, 3.8) is 0 Å². The molecule has 4 nitrogen and oxygen atoms in total. The molecule has 1 aliphatic heterocycles. The number of thioether (sulfide) groups is 1. The minimum atomic E-state index is 0.00453. The Morgan fingerprint density at radius 1 is 1.00 bits per heavy atom. The zero-order chi connectivity index (χ0) is 19.4. The zero-order valence-corrected chi connectivity index (χ0v) is 17.2. The van der Waals surface area contributed by atoms with E-state index in [0.29, 0.717) is 30.8 Å². The van der Waals surface area contributed by atoms with Gasteiger partial charge >= 0.3 is 0 Å². The summed E-state index contributed by atoms with van der Waals surface area (Å²) < 4.78 is 11.2. The Hall–Kier alpha value is -2.14. The highest BCUT2D eigenvalue weighted by molar-refractivity contribution is 8.00. The molecule has 0 saturated carbocycles. The van der Waals surface area contributed by atoms with Gasteiger partial charge in [0.05, 0.1) is 5.75 Å². The van der Waals surface area contributed by atoms with E-state index in [2.05, 4.69) is 51.2 Å². The van der Waals surface area contributed by atoms with Gasteiger partial charge in [-0.2, -0.15) is 0 Å². The number of nitrogens with one attached hydrogen (secondary N) is 1. The standard InChI is InChI=1S/C22H27NO3S/c1-14(2)17-6-5-7-18(15(3)4)22(17)23-21(24)13-27-16-8-9-19-20(12-16)26-11-10-25-19/h5-9,12,14-15H,10-11,13H2,1-4H3,(H,23,24). The second kappa shape index (κ2) is 8.70. The lowest BCUT2D eigenvalue weighted by Gasteiger charge is -2.20.